The molecule has 1 aliphatic heterocycles. The molecule has 164 valence electrons. The number of aliphatic imine (C=N–C) groups is 1. The molecule has 6 nitrogen and oxygen atoms in total. The van der Waals surface area contributed by atoms with Gasteiger partial charge in [0.15, 0.2) is 17.5 Å². The average Bonchev–Trinajstić information content (AvgIpc) is 3.21. The number of rotatable bonds is 7. The van der Waals surface area contributed by atoms with Crippen molar-refractivity contribution in [1.82, 2.24) is 10.6 Å². The van der Waals surface area contributed by atoms with Gasteiger partial charge in [-0.2, -0.15) is 0 Å². The van der Waals surface area contributed by atoms with Gasteiger partial charge < -0.3 is 25.0 Å². The molecular weight excluding hydrogens is 498 g/mol. The molecule has 0 aliphatic carbocycles. The van der Waals surface area contributed by atoms with Gasteiger partial charge in [-0.15, -0.1) is 24.0 Å². The number of anilines is 1. The van der Waals surface area contributed by atoms with Crippen LogP contribution in [-0.4, -0.2) is 45.9 Å². The lowest BCUT2D eigenvalue weighted by Crippen LogP contribution is -2.44. The van der Waals surface area contributed by atoms with Crippen molar-refractivity contribution in [2.45, 2.75) is 25.9 Å². The van der Waals surface area contributed by atoms with Gasteiger partial charge in [-0.3, -0.25) is 4.99 Å². The van der Waals surface area contributed by atoms with Gasteiger partial charge in [0.2, 0.25) is 0 Å². The van der Waals surface area contributed by atoms with Crippen LogP contribution in [-0.2, 0) is 6.54 Å². The van der Waals surface area contributed by atoms with Crippen molar-refractivity contribution >= 4 is 35.6 Å². The molecule has 8 heteroatoms. The minimum atomic E-state index is -0.350. The van der Waals surface area contributed by atoms with Crippen LogP contribution >= 0.6 is 24.0 Å². The van der Waals surface area contributed by atoms with Crippen LogP contribution in [0.15, 0.2) is 47.5 Å². The maximum atomic E-state index is 14.0. The predicted molar refractivity (Wildman–Crippen MR) is 130 cm³/mol. The molecule has 1 aliphatic rings. The Bertz CT molecular complexity index is 850. The first-order chi connectivity index (χ1) is 14.1. The lowest BCUT2D eigenvalue weighted by Gasteiger charge is -2.22. The van der Waals surface area contributed by atoms with E-state index in [0.717, 1.165) is 36.5 Å². The molecule has 2 N–H and O–H groups in total. The number of halogens is 2. The standard InChI is InChI=1S/C22H29FN4O2.HI/c1-4-29-20-10-9-16(13-18(20)23)14-25-22(24-2)26-17-11-12-27(15-17)19-7-5-6-8-21(19)28-3;/h5-10,13,17H,4,11-12,14-15H2,1-3H3,(H2,24,25,26);1H. The van der Waals surface area contributed by atoms with Gasteiger partial charge in [-0.05, 0) is 43.2 Å². The molecule has 0 bridgehead atoms. The highest BCUT2D eigenvalue weighted by atomic mass is 127. The van der Waals surface area contributed by atoms with Crippen LogP contribution in [0.3, 0.4) is 0 Å². The molecule has 3 rings (SSSR count). The van der Waals surface area contributed by atoms with E-state index in [1.165, 1.54) is 6.07 Å². The van der Waals surface area contributed by atoms with E-state index in [9.17, 15) is 4.39 Å². The van der Waals surface area contributed by atoms with Crippen LogP contribution in [0.25, 0.3) is 0 Å². The van der Waals surface area contributed by atoms with Crippen molar-refractivity contribution in [3.05, 3.63) is 53.8 Å². The lowest BCUT2D eigenvalue weighted by molar-refractivity contribution is 0.321. The Hall–Kier alpha value is -2.23. The van der Waals surface area contributed by atoms with Gasteiger partial charge in [0.05, 0.1) is 19.4 Å². The number of nitrogens with one attached hydrogen (secondary N) is 2. The quantitative estimate of drug-likeness (QED) is 0.326. The summed E-state index contributed by atoms with van der Waals surface area (Å²) in [6.45, 7) is 4.56. The van der Waals surface area contributed by atoms with Gasteiger partial charge >= 0.3 is 0 Å². The third-order valence-electron chi connectivity index (χ3n) is 4.93. The molecular formula is C22H30FIN4O2. The molecule has 2 aromatic rings. The maximum Gasteiger partial charge on any atom is 0.191 e. The van der Waals surface area contributed by atoms with E-state index in [1.54, 1.807) is 20.2 Å². The molecule has 1 atom stereocenters. The highest BCUT2D eigenvalue weighted by molar-refractivity contribution is 14.0. The summed E-state index contributed by atoms with van der Waals surface area (Å²) in [5.41, 5.74) is 1.93. The molecule has 1 unspecified atom stereocenters. The lowest BCUT2D eigenvalue weighted by atomic mass is 10.2. The summed E-state index contributed by atoms with van der Waals surface area (Å²) >= 11 is 0. The first kappa shape index (κ1) is 24.0. The summed E-state index contributed by atoms with van der Waals surface area (Å²) in [5, 5.41) is 6.71. The normalized spacial score (nSPS) is 16.1. The zero-order chi connectivity index (χ0) is 20.6. The van der Waals surface area contributed by atoms with Crippen molar-refractivity contribution in [3.63, 3.8) is 0 Å². The molecule has 0 aromatic heterocycles. The van der Waals surface area contributed by atoms with Crippen LogP contribution in [0.5, 0.6) is 11.5 Å². The average molecular weight is 528 g/mol. The fourth-order valence-corrected chi connectivity index (χ4v) is 3.49. The second kappa shape index (κ2) is 11.8. The Morgan fingerprint density at radius 2 is 2.03 bits per heavy atom. The van der Waals surface area contributed by atoms with Crippen LogP contribution in [0, 0.1) is 5.82 Å². The van der Waals surface area contributed by atoms with E-state index in [-0.39, 0.29) is 41.6 Å². The number of benzene rings is 2. The predicted octanol–water partition coefficient (Wildman–Crippen LogP) is 3.79. The summed E-state index contributed by atoms with van der Waals surface area (Å²) in [4.78, 5) is 6.61. The van der Waals surface area contributed by atoms with E-state index in [4.69, 9.17) is 9.47 Å². The maximum absolute atomic E-state index is 14.0. The Morgan fingerprint density at radius 3 is 2.73 bits per heavy atom. The van der Waals surface area contributed by atoms with Crippen LogP contribution in [0.1, 0.15) is 18.9 Å². The first-order valence-corrected chi connectivity index (χ1v) is 9.91. The number of nitrogens with zero attached hydrogens (tertiary/aromatic N) is 2. The molecule has 1 heterocycles. The monoisotopic (exact) mass is 528 g/mol. The van der Waals surface area contributed by atoms with Crippen molar-refractivity contribution in [2.24, 2.45) is 4.99 Å². The van der Waals surface area contributed by atoms with Crippen LogP contribution < -0.4 is 25.0 Å². The minimum absolute atomic E-state index is 0. The van der Waals surface area contributed by atoms with Crippen molar-refractivity contribution in [1.29, 1.82) is 0 Å². The topological polar surface area (TPSA) is 58.1 Å². The van der Waals surface area contributed by atoms with E-state index in [2.05, 4.69) is 26.6 Å². The highest BCUT2D eigenvalue weighted by Gasteiger charge is 2.25. The van der Waals surface area contributed by atoms with Gasteiger partial charge in [-0.1, -0.05) is 18.2 Å². The number of hydrogen-bond donors (Lipinski definition) is 2. The third kappa shape index (κ3) is 6.13. The number of hydrogen-bond acceptors (Lipinski definition) is 4. The minimum Gasteiger partial charge on any atom is -0.495 e. The number of methoxy groups -OCH3 is 1. The summed E-state index contributed by atoms with van der Waals surface area (Å²) in [6.07, 6.45) is 0.996. The largest absolute Gasteiger partial charge is 0.495 e. The molecule has 30 heavy (non-hydrogen) atoms. The van der Waals surface area contributed by atoms with Crippen molar-refractivity contribution in [3.8, 4) is 11.5 Å². The van der Waals surface area contributed by atoms with Gasteiger partial charge in [0.1, 0.15) is 5.75 Å². The third-order valence-corrected chi connectivity index (χ3v) is 4.93. The summed E-state index contributed by atoms with van der Waals surface area (Å²) in [5.74, 6) is 1.51. The zero-order valence-electron chi connectivity index (χ0n) is 17.7. The van der Waals surface area contributed by atoms with E-state index in [1.807, 2.05) is 31.2 Å². The number of ether oxygens (including phenoxy) is 2. The van der Waals surface area contributed by atoms with Crippen LogP contribution in [0.4, 0.5) is 10.1 Å². The van der Waals surface area contributed by atoms with Gasteiger partial charge in [0.25, 0.3) is 0 Å². The molecule has 2 aromatic carbocycles. The molecule has 0 radical (unpaired) electrons. The van der Waals surface area contributed by atoms with Crippen molar-refractivity contribution in [2.75, 3.05) is 38.8 Å². The molecule has 1 fully saturated rings. The highest BCUT2D eigenvalue weighted by Crippen LogP contribution is 2.30. The van der Waals surface area contributed by atoms with E-state index in [0.29, 0.717) is 19.1 Å². The van der Waals surface area contributed by atoms with E-state index >= 15 is 0 Å². The van der Waals surface area contributed by atoms with Gasteiger partial charge in [-0.25, -0.2) is 4.39 Å². The number of para-hydroxylation sites is 2. The fourth-order valence-electron chi connectivity index (χ4n) is 3.49. The molecule has 1 saturated heterocycles. The summed E-state index contributed by atoms with van der Waals surface area (Å²) < 4.78 is 24.7. The second-order valence-electron chi connectivity index (χ2n) is 6.87. The Labute approximate surface area is 194 Å². The Balaban J connectivity index is 0.00000320. The fraction of sp³-hybridized carbons (Fsp3) is 0.409. The Kier molecular flexibility index (Phi) is 9.48. The number of guanidine groups is 1. The van der Waals surface area contributed by atoms with Crippen molar-refractivity contribution < 1.29 is 13.9 Å². The zero-order valence-corrected chi connectivity index (χ0v) is 20.0. The summed E-state index contributed by atoms with van der Waals surface area (Å²) in [7, 11) is 3.43. The first-order valence-electron chi connectivity index (χ1n) is 9.91. The summed E-state index contributed by atoms with van der Waals surface area (Å²) in [6, 6.07) is 13.3. The molecule has 0 amide bonds. The molecule has 0 saturated carbocycles. The Morgan fingerprint density at radius 1 is 1.23 bits per heavy atom. The van der Waals surface area contributed by atoms with Gasteiger partial charge in [0, 0.05) is 32.7 Å². The smallest absolute Gasteiger partial charge is 0.191 e. The van der Waals surface area contributed by atoms with Crippen LogP contribution in [0.2, 0.25) is 0 Å². The second-order valence-corrected chi connectivity index (χ2v) is 6.87. The SMILES string of the molecule is CCOc1ccc(CNC(=NC)NC2CCN(c3ccccc3OC)C2)cc1F.I. The molecule has 0 spiro atoms. The van der Waals surface area contributed by atoms with E-state index < -0.39 is 0 Å².